The minimum atomic E-state index is 0.0232. The highest BCUT2D eigenvalue weighted by atomic mass is 16.5. The van der Waals surface area contributed by atoms with Gasteiger partial charge in [0.15, 0.2) is 0 Å². The van der Waals surface area contributed by atoms with Crippen molar-refractivity contribution in [2.45, 2.75) is 39.8 Å². The molecule has 0 heterocycles. The predicted octanol–water partition coefficient (Wildman–Crippen LogP) is 4.42. The SMILES string of the molecule is Cc1ccc(OC(CNC(C)C)c2ccccc2)c(C)c1. The summed E-state index contributed by atoms with van der Waals surface area (Å²) in [6.07, 6.45) is 0.0232. The molecular weight excluding hydrogens is 258 g/mol. The topological polar surface area (TPSA) is 21.3 Å². The van der Waals surface area contributed by atoms with Crippen molar-refractivity contribution in [2.24, 2.45) is 0 Å². The van der Waals surface area contributed by atoms with E-state index in [2.05, 4.69) is 75.5 Å². The molecule has 21 heavy (non-hydrogen) atoms. The Labute approximate surface area is 128 Å². The van der Waals surface area contributed by atoms with Gasteiger partial charge in [-0.3, -0.25) is 0 Å². The van der Waals surface area contributed by atoms with Gasteiger partial charge in [-0.2, -0.15) is 0 Å². The number of hydrogen-bond donors (Lipinski definition) is 1. The van der Waals surface area contributed by atoms with E-state index in [9.17, 15) is 0 Å². The molecule has 0 aliphatic heterocycles. The quantitative estimate of drug-likeness (QED) is 0.847. The highest BCUT2D eigenvalue weighted by Crippen LogP contribution is 2.25. The van der Waals surface area contributed by atoms with Crippen LogP contribution in [0.2, 0.25) is 0 Å². The molecular formula is C19H25NO. The van der Waals surface area contributed by atoms with E-state index in [1.165, 1.54) is 16.7 Å². The summed E-state index contributed by atoms with van der Waals surface area (Å²) in [6.45, 7) is 9.30. The average Bonchev–Trinajstić information content (AvgIpc) is 2.46. The summed E-state index contributed by atoms with van der Waals surface area (Å²) in [4.78, 5) is 0. The molecule has 0 aliphatic rings. The minimum absolute atomic E-state index is 0.0232. The Hall–Kier alpha value is -1.80. The first-order valence-electron chi connectivity index (χ1n) is 7.58. The number of aryl methyl sites for hydroxylation is 2. The summed E-state index contributed by atoms with van der Waals surface area (Å²) >= 11 is 0. The maximum absolute atomic E-state index is 6.27. The third-order valence-electron chi connectivity index (χ3n) is 3.48. The fourth-order valence-electron chi connectivity index (χ4n) is 2.32. The first kappa shape index (κ1) is 15.6. The maximum Gasteiger partial charge on any atom is 0.136 e. The maximum atomic E-state index is 6.27. The van der Waals surface area contributed by atoms with E-state index in [-0.39, 0.29) is 6.10 Å². The standard InChI is InChI=1S/C19H25NO/c1-14(2)20-13-19(17-8-6-5-7-9-17)21-18-11-10-15(3)12-16(18)4/h5-12,14,19-20H,13H2,1-4H3. The van der Waals surface area contributed by atoms with Crippen LogP contribution in [-0.2, 0) is 0 Å². The smallest absolute Gasteiger partial charge is 0.136 e. The van der Waals surface area contributed by atoms with Gasteiger partial charge < -0.3 is 10.1 Å². The molecule has 0 fully saturated rings. The third kappa shape index (κ3) is 4.61. The van der Waals surface area contributed by atoms with Crippen LogP contribution in [0.1, 0.15) is 36.6 Å². The lowest BCUT2D eigenvalue weighted by atomic mass is 10.1. The molecule has 0 saturated carbocycles. The highest BCUT2D eigenvalue weighted by molar-refractivity contribution is 5.36. The van der Waals surface area contributed by atoms with Crippen LogP contribution in [0.3, 0.4) is 0 Å². The molecule has 0 bridgehead atoms. The zero-order valence-corrected chi connectivity index (χ0v) is 13.4. The molecule has 2 rings (SSSR count). The normalized spacial score (nSPS) is 12.4. The summed E-state index contributed by atoms with van der Waals surface area (Å²) in [7, 11) is 0. The lowest BCUT2D eigenvalue weighted by Crippen LogP contribution is -2.30. The van der Waals surface area contributed by atoms with Gasteiger partial charge >= 0.3 is 0 Å². The van der Waals surface area contributed by atoms with Crippen LogP contribution in [0.25, 0.3) is 0 Å². The van der Waals surface area contributed by atoms with Crippen molar-refractivity contribution in [2.75, 3.05) is 6.54 Å². The summed E-state index contributed by atoms with van der Waals surface area (Å²) in [5.41, 5.74) is 3.64. The summed E-state index contributed by atoms with van der Waals surface area (Å²) in [6, 6.07) is 17.2. The van der Waals surface area contributed by atoms with Gasteiger partial charge in [-0.25, -0.2) is 0 Å². The Morgan fingerprint density at radius 2 is 1.71 bits per heavy atom. The lowest BCUT2D eigenvalue weighted by Gasteiger charge is -2.22. The van der Waals surface area contributed by atoms with Gasteiger partial charge in [-0.05, 0) is 31.0 Å². The highest BCUT2D eigenvalue weighted by Gasteiger charge is 2.14. The molecule has 2 aromatic rings. The number of benzene rings is 2. The van der Waals surface area contributed by atoms with Crippen molar-refractivity contribution in [3.63, 3.8) is 0 Å². The Bertz CT molecular complexity index is 563. The molecule has 112 valence electrons. The second-order valence-electron chi connectivity index (χ2n) is 5.85. The van der Waals surface area contributed by atoms with E-state index >= 15 is 0 Å². The number of rotatable bonds is 6. The second-order valence-corrected chi connectivity index (χ2v) is 5.85. The average molecular weight is 283 g/mol. The molecule has 1 N–H and O–H groups in total. The lowest BCUT2D eigenvalue weighted by molar-refractivity contribution is 0.197. The number of hydrogen-bond acceptors (Lipinski definition) is 2. The van der Waals surface area contributed by atoms with E-state index < -0.39 is 0 Å². The van der Waals surface area contributed by atoms with E-state index in [4.69, 9.17) is 4.74 Å². The van der Waals surface area contributed by atoms with E-state index in [0.29, 0.717) is 6.04 Å². The fraction of sp³-hybridized carbons (Fsp3) is 0.368. The van der Waals surface area contributed by atoms with Gasteiger partial charge in [0.25, 0.3) is 0 Å². The monoisotopic (exact) mass is 283 g/mol. The molecule has 0 spiro atoms. The Morgan fingerprint density at radius 3 is 2.33 bits per heavy atom. The molecule has 0 aliphatic carbocycles. The van der Waals surface area contributed by atoms with Gasteiger partial charge in [0, 0.05) is 12.6 Å². The van der Waals surface area contributed by atoms with Crippen LogP contribution >= 0.6 is 0 Å². The zero-order valence-electron chi connectivity index (χ0n) is 13.4. The molecule has 2 aromatic carbocycles. The van der Waals surface area contributed by atoms with Crippen molar-refractivity contribution in [3.05, 3.63) is 65.2 Å². The van der Waals surface area contributed by atoms with Crippen molar-refractivity contribution < 1.29 is 4.74 Å². The molecule has 0 radical (unpaired) electrons. The van der Waals surface area contributed by atoms with Gasteiger partial charge in [0.1, 0.15) is 11.9 Å². The molecule has 2 heteroatoms. The Morgan fingerprint density at radius 1 is 1.00 bits per heavy atom. The Balaban J connectivity index is 2.19. The predicted molar refractivity (Wildman–Crippen MR) is 88.9 cm³/mol. The van der Waals surface area contributed by atoms with Crippen molar-refractivity contribution in [1.29, 1.82) is 0 Å². The zero-order chi connectivity index (χ0) is 15.2. The first-order chi connectivity index (χ1) is 10.1. The van der Waals surface area contributed by atoms with Gasteiger partial charge in [-0.15, -0.1) is 0 Å². The fourth-order valence-corrected chi connectivity index (χ4v) is 2.32. The molecule has 1 unspecified atom stereocenters. The first-order valence-corrected chi connectivity index (χ1v) is 7.58. The van der Waals surface area contributed by atoms with Crippen LogP contribution in [0.5, 0.6) is 5.75 Å². The second kappa shape index (κ2) is 7.28. The summed E-state index contributed by atoms with van der Waals surface area (Å²) < 4.78 is 6.27. The van der Waals surface area contributed by atoms with Gasteiger partial charge in [0.2, 0.25) is 0 Å². The van der Waals surface area contributed by atoms with Crippen molar-refractivity contribution in [1.82, 2.24) is 5.32 Å². The summed E-state index contributed by atoms with van der Waals surface area (Å²) in [5, 5.41) is 3.47. The molecule has 0 amide bonds. The van der Waals surface area contributed by atoms with Gasteiger partial charge in [0.05, 0.1) is 0 Å². The van der Waals surface area contributed by atoms with Crippen LogP contribution in [-0.4, -0.2) is 12.6 Å². The Kier molecular flexibility index (Phi) is 5.40. The third-order valence-corrected chi connectivity index (χ3v) is 3.48. The molecule has 2 nitrogen and oxygen atoms in total. The molecule has 1 atom stereocenters. The molecule has 0 aromatic heterocycles. The van der Waals surface area contributed by atoms with E-state index in [0.717, 1.165) is 12.3 Å². The van der Waals surface area contributed by atoms with E-state index in [1.807, 2.05) is 6.07 Å². The van der Waals surface area contributed by atoms with Crippen LogP contribution in [0, 0.1) is 13.8 Å². The van der Waals surface area contributed by atoms with Gasteiger partial charge in [-0.1, -0.05) is 61.9 Å². The molecule has 0 saturated heterocycles. The van der Waals surface area contributed by atoms with Crippen LogP contribution < -0.4 is 10.1 Å². The van der Waals surface area contributed by atoms with Crippen molar-refractivity contribution >= 4 is 0 Å². The van der Waals surface area contributed by atoms with Crippen LogP contribution in [0.15, 0.2) is 48.5 Å². The number of nitrogens with one attached hydrogen (secondary N) is 1. The minimum Gasteiger partial charge on any atom is -0.484 e. The van der Waals surface area contributed by atoms with E-state index in [1.54, 1.807) is 0 Å². The number of ether oxygens (including phenoxy) is 1. The largest absolute Gasteiger partial charge is 0.484 e. The summed E-state index contributed by atoms with van der Waals surface area (Å²) in [5.74, 6) is 0.958. The van der Waals surface area contributed by atoms with Crippen LogP contribution in [0.4, 0.5) is 0 Å². The van der Waals surface area contributed by atoms with Crippen molar-refractivity contribution in [3.8, 4) is 5.75 Å².